The van der Waals surface area contributed by atoms with E-state index in [9.17, 15) is 68.7 Å². The first kappa shape index (κ1) is 104. The molecule has 44 nitrogen and oxygen atoms in total. The molecule has 0 bridgehead atoms. The summed E-state index contributed by atoms with van der Waals surface area (Å²) in [5.74, 6) is -3.62. The average molecular weight is 2140 g/mol. The molecule has 1 aliphatic rings. The van der Waals surface area contributed by atoms with E-state index in [0.717, 1.165) is 109 Å². The molecule has 26 N–H and O–H groups in total. The summed E-state index contributed by atoms with van der Waals surface area (Å²) < 4.78 is 10.3. The van der Waals surface area contributed by atoms with Crippen LogP contribution in [0.2, 0.25) is 20.4 Å². The van der Waals surface area contributed by atoms with Gasteiger partial charge in [-0.15, -0.1) is 0 Å². The number of nitrogens with one attached hydrogen (secondary N) is 12. The van der Waals surface area contributed by atoms with Gasteiger partial charge < -0.3 is 101 Å². The molecule has 12 aromatic rings. The number of hydrogen-bond donors (Lipinski definition) is 22. The van der Waals surface area contributed by atoms with Crippen LogP contribution in [0.5, 0.6) is 17.6 Å². The van der Waals surface area contributed by atoms with E-state index in [1.807, 2.05) is 6.92 Å². The predicted octanol–water partition coefficient (Wildman–Crippen LogP) is 11.4. The predicted molar refractivity (Wildman–Crippen MR) is 533 cm³/mol. The number of aliphatic imine (C=N–C) groups is 4. The minimum absolute atomic E-state index is 0.00594. The second kappa shape index (κ2) is 47.4. The number of carbonyl (C=O) groups is 5. The molecule has 1 saturated heterocycles. The molecule has 12 aromatic heterocycles. The van der Waals surface area contributed by atoms with E-state index >= 15 is 0 Å². The van der Waals surface area contributed by atoms with Gasteiger partial charge in [0.15, 0.2) is 45.5 Å². The number of carbonyl (C=O) groups excluding carboxylic acids is 5. The van der Waals surface area contributed by atoms with E-state index in [0.29, 0.717) is 130 Å². The Bertz CT molecular complexity index is 6460. The van der Waals surface area contributed by atoms with Crippen molar-refractivity contribution in [3.63, 3.8) is 0 Å². The largest absolute Gasteiger partial charge is 0.492 e. The number of amidine groups is 4. The number of H-pyrrole nitrogens is 4. The van der Waals surface area contributed by atoms with Crippen LogP contribution in [-0.2, 0) is 10.1 Å². The summed E-state index contributed by atoms with van der Waals surface area (Å²) in [4.78, 5) is 163. The number of thiazole rings is 4. The molecule has 1 aliphatic heterocycles. The van der Waals surface area contributed by atoms with Crippen molar-refractivity contribution in [1.29, 1.82) is 0 Å². The van der Waals surface area contributed by atoms with Crippen molar-refractivity contribution in [2.45, 2.75) is 131 Å². The number of alkyl halides is 1. The van der Waals surface area contributed by atoms with Gasteiger partial charge in [0.1, 0.15) is 70.5 Å². The van der Waals surface area contributed by atoms with Crippen molar-refractivity contribution in [3.05, 3.63) is 180 Å². The number of anilines is 12. The number of aliphatic hydroxyl groups is 3. The van der Waals surface area contributed by atoms with Crippen molar-refractivity contribution in [2.24, 2.45) is 42.9 Å². The lowest BCUT2D eigenvalue weighted by Crippen LogP contribution is -2.29. The number of likely N-dealkylation sites (tertiary alicyclic amines) is 1. The number of aliphatic hydroxyl groups excluding tert-OH is 3. The Kier molecular flexibility index (Phi) is 36.9. The molecule has 712 valence electrons. The van der Waals surface area contributed by atoms with Crippen molar-refractivity contribution in [2.75, 3.05) is 68.8 Å². The fourth-order valence-corrected chi connectivity index (χ4v) is 20.0. The normalized spacial score (nSPS) is 13.4. The maximum atomic E-state index is 13.0. The van der Waals surface area contributed by atoms with Crippen LogP contribution in [0.4, 0.5) is 63.3 Å². The first-order valence-electron chi connectivity index (χ1n) is 39.4. The average Bonchev–Trinajstić information content (AvgIpc) is 1.69. The van der Waals surface area contributed by atoms with E-state index < -0.39 is 70.3 Å². The summed E-state index contributed by atoms with van der Waals surface area (Å²) in [5.41, 5.74) is 28.2. The monoisotopic (exact) mass is 2130 g/mol. The Balaban J connectivity index is 0.000000185. The van der Waals surface area contributed by atoms with Gasteiger partial charge in [-0.2, -0.15) is 15.0 Å². The standard InChI is InChI=1S/C22H24BrClN8O3S2.2C19H22ClN7O4S2.C17H18ClN7O4S2/c1-10-12(8-23)9-27-17(24)15(10)29-20(35)16-11(2)28-22(36-16)30-21-14(19(34)31-37-21)18(25)26-5-7-32-6-3-4-13(32)33;1-7(6-8(2)28)23-14(21)11-15(29)27-33-18(11)26-19-25-17(31)13(32-19)16(30)24-12-9(3)22-5-4-10(12)20;1-7-4-5-22-13(20)11(7)24-16(30)12-17(31)25-19(32-12)26-18-10(15(29)27-33-18)14(21)23-8(2)6-9(3)28;1-6(5-26)21-12(19)9-13(27)25-31-16(9)24-17-23-15(29)11(30-17)14(28)22-10-7(2)20-4-3-8(10)18/h9H,3-8H2,1-2H3,(H2,25,26)(H,28,30)(H,29,35)(H,31,34);4-5,7-8,28,31H,6H2,1-3H3,(H2,21,23)(H,24,30)(H,25,26)(H,27,29);4-5,8-9,28,31H,6H2,1-3H3,(H2,21,23)(H,24,30)(H,25,26)(H,27,29);3-4,6,26,29H,5H2,1-2H3,(H2,19,21)(H,22,28)(H,23,24)(H,25,27). The molecule has 0 spiro atoms. The van der Waals surface area contributed by atoms with Crippen molar-refractivity contribution in [3.8, 4) is 17.6 Å². The van der Waals surface area contributed by atoms with Gasteiger partial charge in [0.25, 0.3) is 45.9 Å². The van der Waals surface area contributed by atoms with Crippen LogP contribution in [0.3, 0.4) is 0 Å². The summed E-state index contributed by atoms with van der Waals surface area (Å²) in [6.45, 7) is 18.4. The van der Waals surface area contributed by atoms with Gasteiger partial charge in [0.2, 0.25) is 23.5 Å². The van der Waals surface area contributed by atoms with E-state index in [2.05, 4.69) is 136 Å². The number of aromatic hydroxyl groups is 3. The molecule has 0 saturated carbocycles. The Labute approximate surface area is 820 Å². The third-order valence-corrected chi connectivity index (χ3v) is 27.4. The highest BCUT2D eigenvalue weighted by Gasteiger charge is 2.30. The van der Waals surface area contributed by atoms with Crippen molar-refractivity contribution < 1.29 is 54.6 Å². The molecule has 0 radical (unpaired) electrons. The maximum absolute atomic E-state index is 13.0. The molecule has 134 heavy (non-hydrogen) atoms. The Morgan fingerprint density at radius 1 is 0.500 bits per heavy atom. The third-order valence-electron chi connectivity index (χ3n) is 18.5. The second-order valence-electron chi connectivity index (χ2n) is 28.9. The highest BCUT2D eigenvalue weighted by Crippen LogP contribution is 2.39. The van der Waals surface area contributed by atoms with E-state index in [1.165, 1.54) is 30.7 Å². The minimum Gasteiger partial charge on any atom is -0.492 e. The smallest absolute Gasteiger partial charge is 0.271 e. The van der Waals surface area contributed by atoms with Crippen LogP contribution in [0.25, 0.3) is 0 Å². The van der Waals surface area contributed by atoms with Crippen LogP contribution in [0.15, 0.2) is 82.1 Å². The van der Waals surface area contributed by atoms with Gasteiger partial charge in [-0.05, 0) is 170 Å². The third kappa shape index (κ3) is 27.1. The summed E-state index contributed by atoms with van der Waals surface area (Å²) in [6, 6.07) is 3.65. The molecule has 5 unspecified atom stereocenters. The number of halogens is 5. The van der Waals surface area contributed by atoms with E-state index in [1.54, 1.807) is 79.5 Å². The fourth-order valence-electron chi connectivity index (χ4n) is 12.1. The zero-order valence-corrected chi connectivity index (χ0v) is 83.1. The van der Waals surface area contributed by atoms with Crippen LogP contribution >= 0.6 is 154 Å². The Hall–Kier alpha value is -11.8. The summed E-state index contributed by atoms with van der Waals surface area (Å²) in [6.07, 6.45) is 7.22. The van der Waals surface area contributed by atoms with Gasteiger partial charge in [-0.1, -0.05) is 108 Å². The molecule has 0 aromatic carbocycles. The number of pyridine rings is 4. The first-order chi connectivity index (χ1) is 63.5. The number of aromatic amines is 4. The Morgan fingerprint density at radius 2 is 0.866 bits per heavy atom. The summed E-state index contributed by atoms with van der Waals surface area (Å²) in [7, 11) is 0. The van der Waals surface area contributed by atoms with Crippen LogP contribution in [0.1, 0.15) is 155 Å². The van der Waals surface area contributed by atoms with Gasteiger partial charge >= 0.3 is 0 Å². The number of rotatable bonds is 32. The second-order valence-corrected chi connectivity index (χ2v) is 38.3. The van der Waals surface area contributed by atoms with Gasteiger partial charge in [0, 0.05) is 49.6 Å². The van der Waals surface area contributed by atoms with Gasteiger partial charge in [-0.3, -0.25) is 90.6 Å². The number of aryl methyl sites for hydroxylation is 4. The summed E-state index contributed by atoms with van der Waals surface area (Å²) in [5, 5.41) is 84.8. The van der Waals surface area contributed by atoms with Crippen LogP contribution < -0.4 is 87.7 Å². The van der Waals surface area contributed by atoms with E-state index in [4.69, 9.17) is 74.4 Å². The molecule has 5 atom stereocenters. The SMILES string of the molecule is Cc1ccnc(Cl)c1NC(=O)c1sc(Nc2s[nH]c(=O)c2C(N)=NC(C)CC(C)O)nc1O.Cc1nc(Nc2s[nH]c(=O)c2C(N)=NCCN2CCCC2=O)sc1C(=O)Nc1c(Cl)ncc(CBr)c1C.Cc1nccc(Cl)c1NC(=O)c1sc(Nc2s[nH]c(=O)c2C(N)=NC(C)CC(C)O)nc1O.Cc1nccc(Cl)c1NC(=O)c1sc(Nc2s[nH]c(=O)c2C(N)=NC(C)CO)nc1O. The van der Waals surface area contributed by atoms with Crippen LogP contribution in [-0.4, -0.2) is 202 Å². The number of nitrogens with two attached hydrogens (primary N) is 4. The number of hydrogen-bond acceptors (Lipinski definition) is 39. The van der Waals surface area contributed by atoms with Crippen LogP contribution in [0, 0.1) is 34.6 Å². The molecular formula is C77H86BrCl4N29O15S8. The molecular weight excluding hydrogens is 2050 g/mol. The highest BCUT2D eigenvalue weighted by atomic mass is 79.9. The number of nitrogens with zero attached hydrogens (tertiary/aromatic N) is 13. The highest BCUT2D eigenvalue weighted by molar-refractivity contribution is 9.08. The fraction of sp³-hybridized carbons (Fsp3) is 0.312. The lowest BCUT2D eigenvalue weighted by molar-refractivity contribution is -0.127. The zero-order chi connectivity index (χ0) is 98.0. The molecule has 57 heteroatoms. The van der Waals surface area contributed by atoms with E-state index in [-0.39, 0.29) is 122 Å². The molecule has 13 heterocycles. The molecule has 1 fully saturated rings. The zero-order valence-electron chi connectivity index (χ0n) is 71.9. The minimum atomic E-state index is -0.624. The lowest BCUT2D eigenvalue weighted by Gasteiger charge is -2.13. The molecule has 5 amide bonds. The topological polar surface area (TPSA) is 694 Å². The first-order valence-corrected chi connectivity index (χ1v) is 48.5. The molecule has 0 aliphatic carbocycles. The van der Waals surface area contributed by atoms with Gasteiger partial charge in [-0.25, -0.2) is 15.0 Å². The van der Waals surface area contributed by atoms with Gasteiger partial charge in [0.05, 0.1) is 93.4 Å². The van der Waals surface area contributed by atoms with Crippen molar-refractivity contribution in [1.82, 2.24) is 62.3 Å². The quantitative estimate of drug-likeness (QED) is 0.00806. The lowest BCUT2D eigenvalue weighted by atomic mass is 10.1. The maximum Gasteiger partial charge on any atom is 0.271 e. The Morgan fingerprint density at radius 3 is 1.25 bits per heavy atom. The van der Waals surface area contributed by atoms with Crippen molar-refractivity contribution >= 4 is 270 Å². The number of amides is 5. The number of aromatic nitrogens is 12. The summed E-state index contributed by atoms with van der Waals surface area (Å²) >= 11 is 35.6. The molecule has 13 rings (SSSR count).